The summed E-state index contributed by atoms with van der Waals surface area (Å²) in [4.78, 5) is 2.56. The Hall–Kier alpha value is -0.460. The van der Waals surface area contributed by atoms with Crippen molar-refractivity contribution in [3.63, 3.8) is 0 Å². The lowest BCUT2D eigenvalue weighted by molar-refractivity contribution is 0.408. The van der Waals surface area contributed by atoms with Crippen LogP contribution in [-0.4, -0.2) is 18.0 Å². The molecule has 0 unspecified atom stereocenters. The summed E-state index contributed by atoms with van der Waals surface area (Å²) in [6.45, 7) is 4.94. The molecule has 1 heterocycles. The predicted octanol–water partition coefficient (Wildman–Crippen LogP) is 2.54. The van der Waals surface area contributed by atoms with Crippen molar-refractivity contribution in [1.82, 2.24) is 4.90 Å². The van der Waals surface area contributed by atoms with Crippen LogP contribution in [-0.2, 0) is 0 Å². The molecular weight excluding hydrogens is 134 g/mol. The van der Waals surface area contributed by atoms with Gasteiger partial charge in [-0.1, -0.05) is 5.57 Å². The summed E-state index contributed by atoms with van der Waals surface area (Å²) in [5, 5.41) is 0. The maximum Gasteiger partial charge on any atom is 0.0175 e. The van der Waals surface area contributed by atoms with Gasteiger partial charge in [0.25, 0.3) is 0 Å². The number of hydrogen-bond acceptors (Lipinski definition) is 1. The molecule has 0 aromatic carbocycles. The van der Waals surface area contributed by atoms with E-state index in [4.69, 9.17) is 0 Å². The van der Waals surface area contributed by atoms with Gasteiger partial charge in [-0.2, -0.15) is 0 Å². The van der Waals surface area contributed by atoms with Crippen LogP contribution in [0.5, 0.6) is 0 Å². The van der Waals surface area contributed by atoms with Crippen molar-refractivity contribution in [3.05, 3.63) is 11.3 Å². The lowest BCUT2D eigenvalue weighted by atomic mass is 9.90. The molecule has 1 heteroatoms. The summed E-state index contributed by atoms with van der Waals surface area (Å²) in [6.07, 6.45) is 7.00. The smallest absolute Gasteiger partial charge is 0.0175 e. The fraction of sp³-hybridized carbons (Fsp3) is 0.800. The third kappa shape index (κ3) is 1.29. The van der Waals surface area contributed by atoms with Crippen LogP contribution in [0.1, 0.15) is 39.0 Å². The van der Waals surface area contributed by atoms with Crippen molar-refractivity contribution in [2.45, 2.75) is 39.0 Å². The Morgan fingerprint density at radius 1 is 1.09 bits per heavy atom. The quantitative estimate of drug-likeness (QED) is 0.556. The van der Waals surface area contributed by atoms with Crippen molar-refractivity contribution >= 4 is 0 Å². The first-order valence-corrected chi connectivity index (χ1v) is 4.81. The van der Waals surface area contributed by atoms with Gasteiger partial charge in [-0.3, -0.25) is 0 Å². The monoisotopic (exact) mass is 151 g/mol. The first-order chi connectivity index (χ1) is 5.38. The summed E-state index contributed by atoms with van der Waals surface area (Å²) in [5.41, 5.74) is 3.33. The highest BCUT2D eigenvalue weighted by Crippen LogP contribution is 2.31. The number of nitrogens with zero attached hydrogens (tertiary/aromatic N) is 1. The minimum absolute atomic E-state index is 1.31. The Morgan fingerprint density at radius 2 is 1.73 bits per heavy atom. The fourth-order valence-corrected chi connectivity index (χ4v) is 1.99. The summed E-state index contributed by atoms with van der Waals surface area (Å²) < 4.78 is 0. The first kappa shape index (κ1) is 7.20. The van der Waals surface area contributed by atoms with E-state index in [1.165, 1.54) is 45.2 Å². The minimum Gasteiger partial charge on any atom is -0.375 e. The Labute approximate surface area is 69.1 Å². The van der Waals surface area contributed by atoms with Crippen molar-refractivity contribution in [2.75, 3.05) is 13.1 Å². The SMILES string of the molecule is CC(=C1CCC1)N1CCCC1. The molecule has 2 rings (SSSR count). The van der Waals surface area contributed by atoms with Crippen LogP contribution < -0.4 is 0 Å². The van der Waals surface area contributed by atoms with Gasteiger partial charge in [-0.15, -0.1) is 0 Å². The molecule has 1 aliphatic carbocycles. The zero-order valence-electron chi connectivity index (χ0n) is 7.40. The Kier molecular flexibility index (Phi) is 1.89. The maximum absolute atomic E-state index is 2.56. The van der Waals surface area contributed by atoms with Gasteiger partial charge in [0.2, 0.25) is 0 Å². The summed E-state index contributed by atoms with van der Waals surface area (Å²) in [7, 11) is 0. The average molecular weight is 151 g/mol. The van der Waals surface area contributed by atoms with Crippen LogP contribution in [0.4, 0.5) is 0 Å². The Morgan fingerprint density at radius 3 is 2.18 bits per heavy atom. The molecule has 0 spiro atoms. The molecule has 2 aliphatic rings. The normalized spacial score (nSPS) is 23.7. The molecule has 0 amide bonds. The Balaban J connectivity index is 2.02. The minimum atomic E-state index is 1.31. The van der Waals surface area contributed by atoms with Crippen LogP contribution in [0, 0.1) is 0 Å². The molecule has 1 saturated heterocycles. The van der Waals surface area contributed by atoms with E-state index in [1.807, 2.05) is 0 Å². The van der Waals surface area contributed by atoms with Gasteiger partial charge in [0, 0.05) is 18.8 Å². The zero-order valence-corrected chi connectivity index (χ0v) is 7.40. The summed E-state index contributed by atoms with van der Waals surface area (Å²) >= 11 is 0. The largest absolute Gasteiger partial charge is 0.375 e. The molecule has 0 bridgehead atoms. The third-order valence-corrected chi connectivity index (χ3v) is 3.05. The third-order valence-electron chi connectivity index (χ3n) is 3.05. The van der Waals surface area contributed by atoms with Crippen molar-refractivity contribution in [1.29, 1.82) is 0 Å². The van der Waals surface area contributed by atoms with Crippen LogP contribution >= 0.6 is 0 Å². The molecule has 0 N–H and O–H groups in total. The molecule has 62 valence electrons. The maximum atomic E-state index is 2.56. The predicted molar refractivity (Wildman–Crippen MR) is 47.4 cm³/mol. The molecule has 11 heavy (non-hydrogen) atoms. The van der Waals surface area contributed by atoms with E-state index in [9.17, 15) is 0 Å². The second kappa shape index (κ2) is 2.88. The highest BCUT2D eigenvalue weighted by atomic mass is 15.1. The topological polar surface area (TPSA) is 3.24 Å². The second-order valence-electron chi connectivity index (χ2n) is 3.74. The van der Waals surface area contributed by atoms with E-state index >= 15 is 0 Å². The van der Waals surface area contributed by atoms with Gasteiger partial charge in [-0.25, -0.2) is 0 Å². The van der Waals surface area contributed by atoms with Crippen molar-refractivity contribution in [3.8, 4) is 0 Å². The molecule has 1 aliphatic heterocycles. The molecule has 0 atom stereocenters. The van der Waals surface area contributed by atoms with Crippen molar-refractivity contribution in [2.24, 2.45) is 0 Å². The van der Waals surface area contributed by atoms with Gasteiger partial charge < -0.3 is 4.90 Å². The van der Waals surface area contributed by atoms with Crippen LogP contribution in [0.2, 0.25) is 0 Å². The lowest BCUT2D eigenvalue weighted by Crippen LogP contribution is -2.20. The first-order valence-electron chi connectivity index (χ1n) is 4.81. The van der Waals surface area contributed by atoms with E-state index in [1.54, 1.807) is 11.3 Å². The van der Waals surface area contributed by atoms with Gasteiger partial charge in [0.15, 0.2) is 0 Å². The molecule has 0 aromatic heterocycles. The molecule has 0 radical (unpaired) electrons. The van der Waals surface area contributed by atoms with E-state index in [-0.39, 0.29) is 0 Å². The fourth-order valence-electron chi connectivity index (χ4n) is 1.99. The van der Waals surface area contributed by atoms with E-state index in [0.717, 1.165) is 0 Å². The van der Waals surface area contributed by atoms with E-state index in [2.05, 4.69) is 11.8 Å². The van der Waals surface area contributed by atoms with Crippen LogP contribution in [0.25, 0.3) is 0 Å². The number of rotatable bonds is 1. The lowest BCUT2D eigenvalue weighted by Gasteiger charge is -2.27. The van der Waals surface area contributed by atoms with E-state index in [0.29, 0.717) is 0 Å². The molecule has 1 nitrogen and oxygen atoms in total. The van der Waals surface area contributed by atoms with Gasteiger partial charge in [0.1, 0.15) is 0 Å². The van der Waals surface area contributed by atoms with Gasteiger partial charge >= 0.3 is 0 Å². The van der Waals surface area contributed by atoms with Crippen LogP contribution in [0.3, 0.4) is 0 Å². The standard InChI is InChI=1S/C10H17N/c1-9(10-5-4-6-10)11-7-2-3-8-11/h2-8H2,1H3. The highest BCUT2D eigenvalue weighted by molar-refractivity contribution is 5.17. The summed E-state index contributed by atoms with van der Waals surface area (Å²) in [5.74, 6) is 0. The molecule has 1 saturated carbocycles. The van der Waals surface area contributed by atoms with E-state index < -0.39 is 0 Å². The second-order valence-corrected chi connectivity index (χ2v) is 3.74. The van der Waals surface area contributed by atoms with Gasteiger partial charge in [0.05, 0.1) is 0 Å². The zero-order chi connectivity index (χ0) is 7.68. The van der Waals surface area contributed by atoms with Gasteiger partial charge in [-0.05, 0) is 39.0 Å². The molecule has 2 fully saturated rings. The highest BCUT2D eigenvalue weighted by Gasteiger charge is 2.18. The Bertz CT molecular complexity index is 169. The number of allylic oxidation sites excluding steroid dienone is 2. The molecular formula is C10H17N. The number of likely N-dealkylation sites (tertiary alicyclic amines) is 1. The van der Waals surface area contributed by atoms with Crippen LogP contribution in [0.15, 0.2) is 11.3 Å². The number of hydrogen-bond donors (Lipinski definition) is 0. The molecule has 0 aromatic rings. The summed E-state index contributed by atoms with van der Waals surface area (Å²) in [6, 6.07) is 0. The van der Waals surface area contributed by atoms with Crippen molar-refractivity contribution < 1.29 is 0 Å². The average Bonchev–Trinajstić information content (AvgIpc) is 2.32.